The highest BCUT2D eigenvalue weighted by molar-refractivity contribution is 5.66. The van der Waals surface area contributed by atoms with Crippen molar-refractivity contribution in [3.05, 3.63) is 12.7 Å². The van der Waals surface area contributed by atoms with Crippen LogP contribution < -0.4 is 21.3 Å². The first kappa shape index (κ1) is 29.1. The summed E-state index contributed by atoms with van der Waals surface area (Å²) in [6.45, 7) is 16.2. The van der Waals surface area contributed by atoms with Gasteiger partial charge in [0.2, 0.25) is 0 Å². The molecule has 5 aliphatic heterocycles. The van der Waals surface area contributed by atoms with Crippen LogP contribution in [0.15, 0.2) is 12.7 Å². The number of aliphatic carboxylic acids is 1. The molecule has 17 unspecified atom stereocenters. The molecule has 1 aliphatic carbocycles. The smallest absolute Gasteiger partial charge is 0.303 e. The van der Waals surface area contributed by atoms with Crippen molar-refractivity contribution >= 4 is 5.97 Å². The van der Waals surface area contributed by atoms with Gasteiger partial charge < -0.3 is 31.5 Å². The molecule has 1 saturated carbocycles. The molecule has 0 spiro atoms. The van der Waals surface area contributed by atoms with Crippen molar-refractivity contribution < 1.29 is 15.0 Å². The molecule has 5 heterocycles. The second-order valence-electron chi connectivity index (χ2n) is 15.0. The molecule has 0 radical (unpaired) electrons. The van der Waals surface area contributed by atoms with E-state index in [9.17, 15) is 15.0 Å². The van der Waals surface area contributed by atoms with Crippen LogP contribution in [0.1, 0.15) is 79.6 Å². The lowest BCUT2D eigenvalue weighted by atomic mass is 9.76. The minimum Gasteiger partial charge on any atom is -0.481 e. The van der Waals surface area contributed by atoms with Crippen LogP contribution in [0.3, 0.4) is 0 Å². The zero-order valence-corrected chi connectivity index (χ0v) is 25.4. The predicted octanol–water partition coefficient (Wildman–Crippen LogP) is 3.38. The number of carboxylic acids is 1. The lowest BCUT2D eigenvalue weighted by Gasteiger charge is -2.32. The Labute approximate surface area is 242 Å². The summed E-state index contributed by atoms with van der Waals surface area (Å²) in [5.41, 5.74) is 0. The second-order valence-corrected chi connectivity index (χ2v) is 15.0. The number of carboxylic acid groups (broad SMARTS) is 1. The second kappa shape index (κ2) is 11.3. The van der Waals surface area contributed by atoms with E-state index < -0.39 is 5.97 Å². The van der Waals surface area contributed by atoms with Crippen molar-refractivity contribution in [1.82, 2.24) is 21.3 Å². The number of carbonyl (C=O) groups is 1. The molecule has 6 aliphatic rings. The van der Waals surface area contributed by atoms with Gasteiger partial charge in [-0.25, -0.2) is 0 Å². The average molecular weight is 557 g/mol. The molecule has 6 N–H and O–H groups in total. The first-order valence-electron chi connectivity index (χ1n) is 16.7. The van der Waals surface area contributed by atoms with E-state index in [0.717, 1.165) is 25.7 Å². The van der Waals surface area contributed by atoms with Gasteiger partial charge in [0.05, 0.1) is 6.10 Å². The SMILES string of the molecule is C=CC1C2CC3NC(CC4NC5C(CC(O)C5C4C)C4NC(CC(N2)C1C)C(C)[C@@H]4CCC(=O)O)C(CC)C3C. The topological polar surface area (TPSA) is 106 Å². The van der Waals surface area contributed by atoms with Gasteiger partial charge in [0.15, 0.2) is 0 Å². The highest BCUT2D eigenvalue weighted by atomic mass is 16.4. The van der Waals surface area contributed by atoms with E-state index in [1.165, 1.54) is 6.42 Å². The van der Waals surface area contributed by atoms with Crippen LogP contribution in [0.5, 0.6) is 0 Å². The van der Waals surface area contributed by atoms with Gasteiger partial charge >= 0.3 is 5.97 Å². The van der Waals surface area contributed by atoms with Crippen LogP contribution >= 0.6 is 0 Å². The largest absolute Gasteiger partial charge is 0.481 e. The zero-order valence-electron chi connectivity index (χ0n) is 25.4. The molecule has 0 aromatic rings. The molecule has 0 aromatic carbocycles. The van der Waals surface area contributed by atoms with E-state index in [1.807, 2.05) is 0 Å². The Hall–Kier alpha value is -0.990. The van der Waals surface area contributed by atoms with E-state index in [0.29, 0.717) is 96.1 Å². The molecule has 40 heavy (non-hydrogen) atoms. The normalized spacial score (nSPS) is 55.5. The van der Waals surface area contributed by atoms with Crippen LogP contribution in [-0.2, 0) is 4.79 Å². The van der Waals surface area contributed by atoms with Crippen molar-refractivity contribution in [2.45, 2.75) is 134 Å². The average Bonchev–Trinajstić information content (AvgIpc) is 3.65. The third kappa shape index (κ3) is 4.80. The minimum absolute atomic E-state index is 0.222. The van der Waals surface area contributed by atoms with Gasteiger partial charge in [-0.15, -0.1) is 6.58 Å². The summed E-state index contributed by atoms with van der Waals surface area (Å²) in [6.07, 6.45) is 8.20. The molecule has 5 saturated heterocycles. The van der Waals surface area contributed by atoms with Gasteiger partial charge in [0, 0.05) is 60.7 Å². The van der Waals surface area contributed by atoms with Crippen LogP contribution in [0, 0.1) is 53.3 Å². The molecule has 0 amide bonds. The van der Waals surface area contributed by atoms with E-state index in [-0.39, 0.29) is 24.5 Å². The fraction of sp³-hybridized carbons (Fsp3) is 0.909. The first-order chi connectivity index (χ1) is 19.1. The Kier molecular flexibility index (Phi) is 8.19. The van der Waals surface area contributed by atoms with Crippen LogP contribution in [0.4, 0.5) is 0 Å². The number of fused-ring (bicyclic) bond motifs is 8. The maximum Gasteiger partial charge on any atom is 0.303 e. The van der Waals surface area contributed by atoms with Crippen molar-refractivity contribution in [3.8, 4) is 0 Å². The van der Waals surface area contributed by atoms with Crippen LogP contribution in [0.25, 0.3) is 0 Å². The highest BCUT2D eigenvalue weighted by Gasteiger charge is 2.58. The summed E-state index contributed by atoms with van der Waals surface area (Å²) < 4.78 is 0. The van der Waals surface area contributed by atoms with Gasteiger partial charge in [-0.05, 0) is 79.4 Å². The van der Waals surface area contributed by atoms with E-state index in [4.69, 9.17) is 0 Å². The number of aliphatic hydroxyl groups excluding tert-OH is 1. The first-order valence-corrected chi connectivity index (χ1v) is 16.7. The summed E-state index contributed by atoms with van der Waals surface area (Å²) in [6, 6.07) is 3.17. The number of nitrogens with one attached hydrogen (secondary N) is 4. The Morgan fingerprint density at radius 2 is 1.35 bits per heavy atom. The number of aliphatic hydroxyl groups is 1. The van der Waals surface area contributed by atoms with Gasteiger partial charge in [-0.1, -0.05) is 47.1 Å². The molecular formula is C33H56N4O3. The summed E-state index contributed by atoms with van der Waals surface area (Å²) in [5, 5.41) is 37.5. The van der Waals surface area contributed by atoms with Crippen molar-refractivity contribution in [2.24, 2.45) is 53.3 Å². The zero-order chi connectivity index (χ0) is 28.5. The molecule has 226 valence electrons. The monoisotopic (exact) mass is 556 g/mol. The Morgan fingerprint density at radius 3 is 2.05 bits per heavy atom. The summed E-state index contributed by atoms with van der Waals surface area (Å²) >= 11 is 0. The summed E-state index contributed by atoms with van der Waals surface area (Å²) in [7, 11) is 0. The molecule has 6 fully saturated rings. The van der Waals surface area contributed by atoms with Gasteiger partial charge in [-0.2, -0.15) is 0 Å². The maximum absolute atomic E-state index is 11.7. The van der Waals surface area contributed by atoms with Crippen LogP contribution in [-0.4, -0.2) is 70.6 Å². The Bertz CT molecular complexity index is 947. The minimum atomic E-state index is -0.699. The van der Waals surface area contributed by atoms with Crippen molar-refractivity contribution in [1.29, 1.82) is 0 Å². The van der Waals surface area contributed by atoms with E-state index >= 15 is 0 Å². The summed E-state index contributed by atoms with van der Waals surface area (Å²) in [5.74, 6) is 3.38. The third-order valence-corrected chi connectivity index (χ3v) is 13.5. The Morgan fingerprint density at radius 1 is 0.775 bits per heavy atom. The molecule has 8 bridgehead atoms. The maximum atomic E-state index is 11.7. The van der Waals surface area contributed by atoms with Gasteiger partial charge in [-0.3, -0.25) is 4.79 Å². The molecule has 0 aromatic heterocycles. The summed E-state index contributed by atoms with van der Waals surface area (Å²) in [4.78, 5) is 11.7. The molecule has 6 rings (SSSR count). The quantitative estimate of drug-likeness (QED) is 0.289. The molecular weight excluding hydrogens is 500 g/mol. The highest BCUT2D eigenvalue weighted by Crippen LogP contribution is 2.50. The number of hydrogen-bond acceptors (Lipinski definition) is 6. The van der Waals surface area contributed by atoms with E-state index in [2.05, 4.69) is 68.5 Å². The lowest BCUT2D eigenvalue weighted by molar-refractivity contribution is -0.137. The van der Waals surface area contributed by atoms with Crippen molar-refractivity contribution in [2.75, 3.05) is 0 Å². The van der Waals surface area contributed by atoms with Crippen LogP contribution in [0.2, 0.25) is 0 Å². The lowest BCUT2D eigenvalue weighted by Crippen LogP contribution is -2.48. The fourth-order valence-corrected chi connectivity index (χ4v) is 11.2. The van der Waals surface area contributed by atoms with Crippen molar-refractivity contribution in [3.63, 3.8) is 0 Å². The molecule has 7 heteroatoms. The number of hydrogen-bond donors (Lipinski definition) is 6. The van der Waals surface area contributed by atoms with Gasteiger partial charge in [0.1, 0.15) is 0 Å². The fourth-order valence-electron chi connectivity index (χ4n) is 11.2. The van der Waals surface area contributed by atoms with E-state index in [1.54, 1.807) is 0 Å². The Balaban J connectivity index is 1.35. The molecule has 18 atom stereocenters. The standard InChI is InChI=1S/C33H56N4O3/c1-7-19-15(3)23-12-25-17(5)21(9-10-30(39)40)32(36-25)22-11-29(38)31-18(6)26(37-33(22)31)14-28-20(8-2)16(4)24(35-28)13-27(19)34-23/h7,15-29,31-38H,1,8-14H2,2-6H3,(H,39,40)/t15?,16?,17?,18?,19?,20?,21-,22?,23?,24?,25?,26?,27?,28?,29?,31?,32?,33?/m0/s1. The molecule has 7 nitrogen and oxygen atoms in total. The van der Waals surface area contributed by atoms with Gasteiger partial charge in [0.25, 0.3) is 0 Å². The number of rotatable bonds is 5. The third-order valence-electron chi connectivity index (χ3n) is 13.5. The predicted molar refractivity (Wildman–Crippen MR) is 159 cm³/mol.